The molecule has 148 valence electrons. The molecule has 1 amide bonds. The van der Waals surface area contributed by atoms with E-state index < -0.39 is 10.0 Å². The lowest BCUT2D eigenvalue weighted by molar-refractivity contribution is -0.153. The minimum Gasteiger partial charge on any atom is -0.455 e. The van der Waals surface area contributed by atoms with Crippen LogP contribution in [0.5, 0.6) is 0 Å². The smallest absolute Gasteiger partial charge is 0.309 e. The number of rotatable bonds is 5. The van der Waals surface area contributed by atoms with Crippen LogP contribution in [0.4, 0.5) is 0 Å². The Balaban J connectivity index is 1.53. The first kappa shape index (κ1) is 19.8. The summed E-state index contributed by atoms with van der Waals surface area (Å²) >= 11 is 0. The van der Waals surface area contributed by atoms with Crippen LogP contribution in [0.3, 0.4) is 0 Å². The number of benzene rings is 1. The minimum absolute atomic E-state index is 0.0715. The molecule has 1 aromatic rings. The van der Waals surface area contributed by atoms with E-state index in [-0.39, 0.29) is 42.4 Å². The topological polar surface area (TPSA) is 84.0 Å². The molecule has 1 saturated heterocycles. The first-order valence-corrected chi connectivity index (χ1v) is 10.7. The average Bonchev–Trinajstić information content (AvgIpc) is 3.38. The van der Waals surface area contributed by atoms with Crippen molar-refractivity contribution in [3.05, 3.63) is 29.3 Å². The molecule has 0 unspecified atom stereocenters. The molecule has 7 nitrogen and oxygen atoms in total. The van der Waals surface area contributed by atoms with Gasteiger partial charge >= 0.3 is 5.97 Å². The Hall–Kier alpha value is -1.93. The molecule has 1 aliphatic carbocycles. The van der Waals surface area contributed by atoms with E-state index in [1.165, 1.54) is 4.31 Å². The normalized spacial score (nSPS) is 23.1. The van der Waals surface area contributed by atoms with Gasteiger partial charge in [-0.1, -0.05) is 13.0 Å². The lowest BCUT2D eigenvalue weighted by atomic mass is 10.1. The van der Waals surface area contributed by atoms with Gasteiger partial charge in [0.25, 0.3) is 5.91 Å². The molecule has 3 rings (SSSR count). The molecular weight excluding hydrogens is 368 g/mol. The largest absolute Gasteiger partial charge is 0.455 e. The second-order valence-corrected chi connectivity index (χ2v) is 9.40. The zero-order valence-electron chi connectivity index (χ0n) is 16.0. The van der Waals surface area contributed by atoms with Crippen molar-refractivity contribution < 1.29 is 22.7 Å². The quantitative estimate of drug-likeness (QED) is 0.704. The van der Waals surface area contributed by atoms with Gasteiger partial charge in [0.1, 0.15) is 0 Å². The number of piperazine rings is 1. The van der Waals surface area contributed by atoms with Crippen molar-refractivity contribution in [3.63, 3.8) is 0 Å². The summed E-state index contributed by atoms with van der Waals surface area (Å²) < 4.78 is 32.1. The molecule has 27 heavy (non-hydrogen) atoms. The van der Waals surface area contributed by atoms with Crippen LogP contribution in [-0.2, 0) is 24.3 Å². The van der Waals surface area contributed by atoms with Gasteiger partial charge in [0.2, 0.25) is 10.0 Å². The summed E-state index contributed by atoms with van der Waals surface area (Å²) in [5.41, 5.74) is 1.97. The summed E-state index contributed by atoms with van der Waals surface area (Å²) in [5, 5.41) is 0. The SMILES string of the molecule is Cc1ccc(S(=O)(=O)N2CCN(C(=O)COC(=O)[C@@H]3C[C@H]3C)CC2)cc1C. The van der Waals surface area contributed by atoms with Crippen LogP contribution in [0, 0.1) is 25.7 Å². The maximum absolute atomic E-state index is 12.8. The predicted octanol–water partition coefficient (Wildman–Crippen LogP) is 1.34. The third-order valence-electron chi connectivity index (χ3n) is 5.46. The standard InChI is InChI=1S/C19H26N2O5S/c1-13-4-5-16(10-14(13)2)27(24,25)21-8-6-20(7-9-21)18(22)12-26-19(23)17-11-15(17)3/h4-5,10,15,17H,6-9,11-12H2,1-3H3/t15-,17-/m1/s1. The monoisotopic (exact) mass is 394 g/mol. The first-order valence-electron chi connectivity index (χ1n) is 9.22. The molecule has 1 aliphatic heterocycles. The zero-order chi connectivity index (χ0) is 19.8. The highest BCUT2D eigenvalue weighted by atomic mass is 32.2. The van der Waals surface area contributed by atoms with Crippen LogP contribution in [0.2, 0.25) is 0 Å². The number of hydrogen-bond acceptors (Lipinski definition) is 5. The van der Waals surface area contributed by atoms with Crippen molar-refractivity contribution in [1.29, 1.82) is 0 Å². The van der Waals surface area contributed by atoms with Gasteiger partial charge in [0.15, 0.2) is 6.61 Å². The van der Waals surface area contributed by atoms with E-state index in [1.54, 1.807) is 23.1 Å². The Kier molecular flexibility index (Phi) is 5.58. The number of amides is 1. The summed E-state index contributed by atoms with van der Waals surface area (Å²) in [6, 6.07) is 5.10. The molecule has 2 atom stereocenters. The molecule has 1 heterocycles. The van der Waals surface area contributed by atoms with Crippen LogP contribution >= 0.6 is 0 Å². The fraction of sp³-hybridized carbons (Fsp3) is 0.579. The summed E-state index contributed by atoms with van der Waals surface area (Å²) in [4.78, 5) is 25.8. The van der Waals surface area contributed by atoms with E-state index in [9.17, 15) is 18.0 Å². The van der Waals surface area contributed by atoms with Gasteiger partial charge in [-0.15, -0.1) is 0 Å². The number of nitrogens with zero attached hydrogens (tertiary/aromatic N) is 2. The van der Waals surface area contributed by atoms with Crippen LogP contribution in [0.15, 0.2) is 23.1 Å². The minimum atomic E-state index is -3.58. The van der Waals surface area contributed by atoms with Gasteiger partial charge in [0, 0.05) is 26.2 Å². The van der Waals surface area contributed by atoms with Crippen molar-refractivity contribution in [2.45, 2.75) is 32.1 Å². The van der Waals surface area contributed by atoms with Gasteiger partial charge < -0.3 is 9.64 Å². The average molecular weight is 394 g/mol. The first-order chi connectivity index (χ1) is 12.7. The lowest BCUT2D eigenvalue weighted by Gasteiger charge is -2.34. The Morgan fingerprint density at radius 1 is 1.11 bits per heavy atom. The predicted molar refractivity (Wildman–Crippen MR) is 99.5 cm³/mol. The molecule has 1 saturated carbocycles. The van der Waals surface area contributed by atoms with Crippen LogP contribution < -0.4 is 0 Å². The molecule has 0 bridgehead atoms. The molecule has 8 heteroatoms. The van der Waals surface area contributed by atoms with E-state index >= 15 is 0 Å². The van der Waals surface area contributed by atoms with Gasteiger partial charge in [-0.25, -0.2) is 8.42 Å². The molecule has 1 aromatic carbocycles. The van der Waals surface area contributed by atoms with E-state index in [0.717, 1.165) is 17.5 Å². The van der Waals surface area contributed by atoms with E-state index in [2.05, 4.69) is 0 Å². The van der Waals surface area contributed by atoms with Gasteiger partial charge in [-0.05, 0) is 49.4 Å². The Bertz CT molecular complexity index is 844. The highest BCUT2D eigenvalue weighted by molar-refractivity contribution is 7.89. The highest BCUT2D eigenvalue weighted by Crippen LogP contribution is 2.38. The van der Waals surface area contributed by atoms with Crippen LogP contribution in [0.1, 0.15) is 24.5 Å². The number of sulfonamides is 1. The van der Waals surface area contributed by atoms with Crippen molar-refractivity contribution in [2.75, 3.05) is 32.8 Å². The number of aryl methyl sites for hydroxylation is 2. The fourth-order valence-electron chi connectivity index (χ4n) is 3.18. The molecule has 0 aromatic heterocycles. The third-order valence-corrected chi connectivity index (χ3v) is 7.35. The molecule has 0 spiro atoms. The van der Waals surface area contributed by atoms with Crippen LogP contribution in [-0.4, -0.2) is 62.3 Å². The van der Waals surface area contributed by atoms with Crippen molar-refractivity contribution in [1.82, 2.24) is 9.21 Å². The molecule has 2 fully saturated rings. The molecular formula is C19H26N2O5S. The summed E-state index contributed by atoms with van der Waals surface area (Å²) in [6.07, 6.45) is 0.821. The second kappa shape index (κ2) is 7.59. The van der Waals surface area contributed by atoms with Gasteiger partial charge in [-0.3, -0.25) is 9.59 Å². The number of esters is 1. The van der Waals surface area contributed by atoms with Crippen LogP contribution in [0.25, 0.3) is 0 Å². The van der Waals surface area contributed by atoms with E-state index in [1.807, 2.05) is 20.8 Å². The van der Waals surface area contributed by atoms with Crippen molar-refractivity contribution in [3.8, 4) is 0 Å². The van der Waals surface area contributed by atoms with Gasteiger partial charge in [0.05, 0.1) is 10.8 Å². The maximum Gasteiger partial charge on any atom is 0.309 e. The van der Waals surface area contributed by atoms with E-state index in [0.29, 0.717) is 19.0 Å². The summed E-state index contributed by atoms with van der Waals surface area (Å²) in [7, 11) is -3.58. The molecule has 0 radical (unpaired) electrons. The lowest BCUT2D eigenvalue weighted by Crippen LogP contribution is -2.51. The summed E-state index contributed by atoms with van der Waals surface area (Å²) in [6.45, 7) is 6.57. The van der Waals surface area contributed by atoms with Crippen molar-refractivity contribution >= 4 is 21.9 Å². The highest BCUT2D eigenvalue weighted by Gasteiger charge is 2.41. The van der Waals surface area contributed by atoms with E-state index in [4.69, 9.17) is 4.74 Å². The number of hydrogen-bond donors (Lipinski definition) is 0. The van der Waals surface area contributed by atoms with Crippen molar-refractivity contribution in [2.24, 2.45) is 11.8 Å². The maximum atomic E-state index is 12.8. The second-order valence-electron chi connectivity index (χ2n) is 7.46. The summed E-state index contributed by atoms with van der Waals surface area (Å²) in [5.74, 6) is -0.323. The fourth-order valence-corrected chi connectivity index (χ4v) is 4.69. The number of ether oxygens (including phenoxy) is 1. The Labute approximate surface area is 160 Å². The number of carbonyl (C=O) groups excluding carboxylic acids is 2. The zero-order valence-corrected chi connectivity index (χ0v) is 16.8. The van der Waals surface area contributed by atoms with Gasteiger partial charge in [-0.2, -0.15) is 4.31 Å². The Morgan fingerprint density at radius 2 is 1.74 bits per heavy atom. The number of carbonyl (C=O) groups is 2. The molecule has 0 N–H and O–H groups in total. The molecule has 2 aliphatic rings. The third kappa shape index (κ3) is 4.32. The Morgan fingerprint density at radius 3 is 2.30 bits per heavy atom.